The van der Waals surface area contributed by atoms with Crippen LogP contribution in [0.1, 0.15) is 26.7 Å². The molecule has 0 aliphatic heterocycles. The van der Waals surface area contributed by atoms with Crippen LogP contribution in [0.25, 0.3) is 0 Å². The molecule has 1 atom stereocenters. The predicted octanol–water partition coefficient (Wildman–Crippen LogP) is -0.388. The van der Waals surface area contributed by atoms with Gasteiger partial charge >= 0.3 is 0 Å². The summed E-state index contributed by atoms with van der Waals surface area (Å²) < 4.78 is 0. The van der Waals surface area contributed by atoms with Gasteiger partial charge in [-0.1, -0.05) is 13.8 Å². The molecule has 5 nitrogen and oxygen atoms in total. The molecule has 0 saturated heterocycles. The fraction of sp³-hybridized carbons (Fsp3) is 0.818. The van der Waals surface area contributed by atoms with E-state index < -0.39 is 6.04 Å². The first kappa shape index (κ1) is 13.0. The van der Waals surface area contributed by atoms with Gasteiger partial charge in [-0.2, -0.15) is 0 Å². The number of carbonyl (C=O) groups excluding carboxylic acids is 2. The molecule has 1 fully saturated rings. The van der Waals surface area contributed by atoms with Crippen molar-refractivity contribution in [2.45, 2.75) is 32.7 Å². The lowest BCUT2D eigenvalue weighted by atomic mass is 10.1. The Morgan fingerprint density at radius 2 is 1.81 bits per heavy atom. The van der Waals surface area contributed by atoms with Crippen LogP contribution in [0.5, 0.6) is 0 Å². The zero-order valence-electron chi connectivity index (χ0n) is 9.95. The van der Waals surface area contributed by atoms with Crippen molar-refractivity contribution in [1.82, 2.24) is 10.6 Å². The highest BCUT2D eigenvalue weighted by Crippen LogP contribution is 2.28. The van der Waals surface area contributed by atoms with E-state index in [4.69, 9.17) is 5.73 Å². The van der Waals surface area contributed by atoms with E-state index in [1.54, 1.807) is 0 Å². The van der Waals surface area contributed by atoms with E-state index in [-0.39, 0.29) is 23.7 Å². The van der Waals surface area contributed by atoms with E-state index in [9.17, 15) is 9.59 Å². The van der Waals surface area contributed by atoms with E-state index in [1.807, 2.05) is 13.8 Å². The van der Waals surface area contributed by atoms with Gasteiger partial charge in [0.1, 0.15) is 0 Å². The molecule has 1 rings (SSSR count). The molecular formula is C11H21N3O2. The van der Waals surface area contributed by atoms with Gasteiger partial charge in [-0.05, 0) is 18.8 Å². The summed E-state index contributed by atoms with van der Waals surface area (Å²) in [6.45, 7) is 4.72. The van der Waals surface area contributed by atoms with Gasteiger partial charge in [0, 0.05) is 19.0 Å². The summed E-state index contributed by atoms with van der Waals surface area (Å²) in [5.41, 5.74) is 5.66. The number of nitrogens with one attached hydrogen (secondary N) is 2. The maximum Gasteiger partial charge on any atom is 0.237 e. The Bertz CT molecular complexity index is 262. The fourth-order valence-corrected chi connectivity index (χ4v) is 1.28. The molecule has 1 aliphatic carbocycles. The van der Waals surface area contributed by atoms with Crippen molar-refractivity contribution in [2.75, 3.05) is 13.1 Å². The van der Waals surface area contributed by atoms with Crippen LogP contribution in [-0.4, -0.2) is 30.9 Å². The van der Waals surface area contributed by atoms with Gasteiger partial charge < -0.3 is 16.4 Å². The third kappa shape index (κ3) is 4.18. The lowest BCUT2D eigenvalue weighted by Gasteiger charge is -2.15. The number of amides is 2. The van der Waals surface area contributed by atoms with E-state index in [2.05, 4.69) is 10.6 Å². The summed E-state index contributed by atoms with van der Waals surface area (Å²) in [5.74, 6) is 0.285. The highest BCUT2D eigenvalue weighted by atomic mass is 16.2. The number of rotatable bonds is 6. The van der Waals surface area contributed by atoms with Gasteiger partial charge in [-0.25, -0.2) is 0 Å². The van der Waals surface area contributed by atoms with Gasteiger partial charge in [0.25, 0.3) is 0 Å². The molecule has 0 radical (unpaired) electrons. The standard InChI is InChI=1S/C11H21N3O2/c1-7(2)9(12)11(16)14-6-5-13-10(15)8-3-4-8/h7-9H,3-6,12H2,1-2H3,(H,13,15)(H,14,16). The average molecular weight is 227 g/mol. The maximum atomic E-state index is 11.4. The molecule has 0 spiro atoms. The lowest BCUT2D eigenvalue weighted by molar-refractivity contribution is -0.124. The summed E-state index contributed by atoms with van der Waals surface area (Å²) in [7, 11) is 0. The Morgan fingerprint density at radius 1 is 1.25 bits per heavy atom. The molecule has 16 heavy (non-hydrogen) atoms. The summed E-state index contributed by atoms with van der Waals surface area (Å²) in [4.78, 5) is 22.7. The van der Waals surface area contributed by atoms with Crippen molar-refractivity contribution in [3.05, 3.63) is 0 Å². The third-order valence-corrected chi connectivity index (χ3v) is 2.69. The van der Waals surface area contributed by atoms with Crippen molar-refractivity contribution in [2.24, 2.45) is 17.6 Å². The van der Waals surface area contributed by atoms with E-state index >= 15 is 0 Å². The molecule has 0 heterocycles. The molecule has 0 bridgehead atoms. The van der Waals surface area contributed by atoms with Gasteiger partial charge in [0.2, 0.25) is 11.8 Å². The largest absolute Gasteiger partial charge is 0.354 e. The summed E-state index contributed by atoms with van der Waals surface area (Å²) >= 11 is 0. The Balaban J connectivity index is 2.05. The fourth-order valence-electron chi connectivity index (χ4n) is 1.28. The smallest absolute Gasteiger partial charge is 0.237 e. The first-order valence-corrected chi connectivity index (χ1v) is 5.83. The number of hydrogen-bond donors (Lipinski definition) is 3. The van der Waals surface area contributed by atoms with Crippen LogP contribution in [0.15, 0.2) is 0 Å². The van der Waals surface area contributed by atoms with E-state index in [0.29, 0.717) is 13.1 Å². The zero-order chi connectivity index (χ0) is 12.1. The van der Waals surface area contributed by atoms with Crippen LogP contribution >= 0.6 is 0 Å². The molecule has 2 amide bonds. The van der Waals surface area contributed by atoms with Crippen molar-refractivity contribution < 1.29 is 9.59 Å². The summed E-state index contributed by atoms with van der Waals surface area (Å²) in [5, 5.41) is 5.47. The van der Waals surface area contributed by atoms with Crippen molar-refractivity contribution in [1.29, 1.82) is 0 Å². The minimum Gasteiger partial charge on any atom is -0.354 e. The highest BCUT2D eigenvalue weighted by Gasteiger charge is 2.29. The van der Waals surface area contributed by atoms with Crippen LogP contribution in [0.2, 0.25) is 0 Å². The molecule has 1 saturated carbocycles. The van der Waals surface area contributed by atoms with Crippen molar-refractivity contribution in [3.63, 3.8) is 0 Å². The molecule has 0 aromatic rings. The molecule has 1 unspecified atom stereocenters. The number of carbonyl (C=O) groups is 2. The second-order valence-electron chi connectivity index (χ2n) is 4.63. The Labute approximate surface area is 96.1 Å². The maximum absolute atomic E-state index is 11.4. The van der Waals surface area contributed by atoms with Crippen LogP contribution in [0.3, 0.4) is 0 Å². The van der Waals surface area contributed by atoms with Gasteiger partial charge in [-0.15, -0.1) is 0 Å². The minimum atomic E-state index is -0.473. The van der Waals surface area contributed by atoms with Crippen LogP contribution in [0.4, 0.5) is 0 Å². The molecular weight excluding hydrogens is 206 g/mol. The van der Waals surface area contributed by atoms with Gasteiger partial charge in [0.15, 0.2) is 0 Å². The first-order chi connectivity index (χ1) is 7.52. The van der Waals surface area contributed by atoms with Crippen LogP contribution in [0, 0.1) is 11.8 Å². The van der Waals surface area contributed by atoms with E-state index in [0.717, 1.165) is 12.8 Å². The second kappa shape index (κ2) is 5.84. The quantitative estimate of drug-likeness (QED) is 0.540. The monoisotopic (exact) mass is 227 g/mol. The second-order valence-corrected chi connectivity index (χ2v) is 4.63. The number of nitrogens with two attached hydrogens (primary N) is 1. The topological polar surface area (TPSA) is 84.2 Å². The normalized spacial score (nSPS) is 17.0. The van der Waals surface area contributed by atoms with Crippen LogP contribution in [-0.2, 0) is 9.59 Å². The molecule has 0 aromatic carbocycles. The van der Waals surface area contributed by atoms with Crippen LogP contribution < -0.4 is 16.4 Å². The first-order valence-electron chi connectivity index (χ1n) is 5.83. The molecule has 1 aliphatic rings. The molecule has 0 aromatic heterocycles. The molecule has 4 N–H and O–H groups in total. The van der Waals surface area contributed by atoms with E-state index in [1.165, 1.54) is 0 Å². The minimum absolute atomic E-state index is 0.0995. The Hall–Kier alpha value is -1.10. The van der Waals surface area contributed by atoms with Crippen molar-refractivity contribution >= 4 is 11.8 Å². The average Bonchev–Trinajstić information content (AvgIpc) is 3.05. The molecule has 5 heteroatoms. The Kier molecular flexibility index (Phi) is 4.73. The predicted molar refractivity (Wildman–Crippen MR) is 61.6 cm³/mol. The SMILES string of the molecule is CC(C)C(N)C(=O)NCCNC(=O)C1CC1. The molecule has 92 valence electrons. The van der Waals surface area contributed by atoms with Gasteiger partial charge in [0.05, 0.1) is 6.04 Å². The van der Waals surface area contributed by atoms with Crippen molar-refractivity contribution in [3.8, 4) is 0 Å². The lowest BCUT2D eigenvalue weighted by Crippen LogP contribution is -2.46. The summed E-state index contributed by atoms with van der Waals surface area (Å²) in [6.07, 6.45) is 1.99. The van der Waals surface area contributed by atoms with Gasteiger partial charge in [-0.3, -0.25) is 9.59 Å². The Morgan fingerprint density at radius 3 is 2.31 bits per heavy atom. The number of hydrogen-bond acceptors (Lipinski definition) is 3. The summed E-state index contributed by atoms with van der Waals surface area (Å²) in [6, 6.07) is -0.473. The zero-order valence-corrected chi connectivity index (χ0v) is 9.95. The third-order valence-electron chi connectivity index (χ3n) is 2.69. The highest BCUT2D eigenvalue weighted by molar-refractivity contribution is 5.82.